The lowest BCUT2D eigenvalue weighted by molar-refractivity contribution is 0.629. The van der Waals surface area contributed by atoms with Crippen molar-refractivity contribution in [2.75, 3.05) is 6.54 Å². The molecule has 0 saturated carbocycles. The lowest BCUT2D eigenvalue weighted by Crippen LogP contribution is -2.22. The monoisotopic (exact) mass is 294 g/mol. The van der Waals surface area contributed by atoms with Gasteiger partial charge in [0.05, 0.1) is 16.1 Å². The molecule has 1 N–H and O–H groups in total. The second-order valence-electron chi connectivity index (χ2n) is 4.39. The Morgan fingerprint density at radius 2 is 1.84 bits per heavy atom. The number of aryl methyl sites for hydroxylation is 1. The number of nitrogens with zero attached hydrogens (tertiary/aromatic N) is 1. The zero-order valence-electron chi connectivity index (χ0n) is 11.0. The van der Waals surface area contributed by atoms with Crippen molar-refractivity contribution in [1.29, 1.82) is 0 Å². The molecule has 0 saturated heterocycles. The van der Waals surface area contributed by atoms with E-state index in [0.717, 1.165) is 17.8 Å². The molecule has 0 radical (unpaired) electrons. The molecule has 1 unspecified atom stereocenters. The van der Waals surface area contributed by atoms with Crippen molar-refractivity contribution in [3.05, 3.63) is 63.4 Å². The summed E-state index contributed by atoms with van der Waals surface area (Å²) in [6.07, 6.45) is 1.83. The van der Waals surface area contributed by atoms with E-state index in [4.69, 9.17) is 23.2 Å². The predicted molar refractivity (Wildman–Crippen MR) is 81.0 cm³/mol. The molecule has 1 aromatic heterocycles. The van der Waals surface area contributed by atoms with Crippen LogP contribution in [-0.2, 0) is 0 Å². The van der Waals surface area contributed by atoms with E-state index in [-0.39, 0.29) is 6.04 Å². The van der Waals surface area contributed by atoms with E-state index in [1.165, 1.54) is 5.56 Å². The quantitative estimate of drug-likeness (QED) is 0.904. The topological polar surface area (TPSA) is 24.9 Å². The highest BCUT2D eigenvalue weighted by molar-refractivity contribution is 6.42. The molecule has 1 atom stereocenters. The first-order valence-electron chi connectivity index (χ1n) is 6.22. The van der Waals surface area contributed by atoms with Crippen molar-refractivity contribution >= 4 is 23.2 Å². The summed E-state index contributed by atoms with van der Waals surface area (Å²) >= 11 is 12.1. The third-order valence-corrected chi connectivity index (χ3v) is 3.68. The minimum atomic E-state index is 0.0986. The number of aromatic nitrogens is 1. The van der Waals surface area contributed by atoms with Crippen LogP contribution in [0.4, 0.5) is 0 Å². The van der Waals surface area contributed by atoms with Gasteiger partial charge in [0.2, 0.25) is 0 Å². The average Bonchev–Trinajstić information content (AvgIpc) is 2.39. The number of halogens is 2. The van der Waals surface area contributed by atoms with Crippen molar-refractivity contribution in [3.8, 4) is 0 Å². The van der Waals surface area contributed by atoms with E-state index >= 15 is 0 Å². The van der Waals surface area contributed by atoms with Crippen LogP contribution in [0.1, 0.15) is 29.8 Å². The molecule has 0 bridgehead atoms. The smallest absolute Gasteiger partial charge is 0.0595 e. The summed E-state index contributed by atoms with van der Waals surface area (Å²) in [6.45, 7) is 4.94. The highest BCUT2D eigenvalue weighted by atomic mass is 35.5. The number of rotatable bonds is 4. The summed E-state index contributed by atoms with van der Waals surface area (Å²) in [4.78, 5) is 4.23. The predicted octanol–water partition coefficient (Wildman–Crippen LogP) is 4.40. The van der Waals surface area contributed by atoms with E-state index < -0.39 is 0 Å². The van der Waals surface area contributed by atoms with Crippen molar-refractivity contribution < 1.29 is 0 Å². The number of pyridine rings is 1. The standard InChI is InChI=1S/C15H16Cl2N2/c1-3-18-15(12-6-7-19-10(2)8-12)11-4-5-13(16)14(17)9-11/h4-9,15,18H,3H2,1-2H3. The summed E-state index contributed by atoms with van der Waals surface area (Å²) < 4.78 is 0. The zero-order chi connectivity index (χ0) is 13.8. The minimum Gasteiger partial charge on any atom is -0.307 e. The van der Waals surface area contributed by atoms with Gasteiger partial charge in [-0.15, -0.1) is 0 Å². The SMILES string of the molecule is CCNC(c1ccnc(C)c1)c1ccc(Cl)c(Cl)c1. The van der Waals surface area contributed by atoms with Crippen molar-refractivity contribution in [2.24, 2.45) is 0 Å². The van der Waals surface area contributed by atoms with Crippen LogP contribution in [0.5, 0.6) is 0 Å². The molecule has 2 nitrogen and oxygen atoms in total. The molecule has 4 heteroatoms. The largest absolute Gasteiger partial charge is 0.307 e. The molecule has 0 spiro atoms. The molecular formula is C15H16Cl2N2. The molecule has 100 valence electrons. The maximum absolute atomic E-state index is 6.10. The van der Waals surface area contributed by atoms with E-state index in [1.807, 2.05) is 37.4 Å². The van der Waals surface area contributed by atoms with Gasteiger partial charge in [-0.2, -0.15) is 0 Å². The van der Waals surface area contributed by atoms with Crippen LogP contribution in [0.3, 0.4) is 0 Å². The van der Waals surface area contributed by atoms with Gasteiger partial charge in [0.25, 0.3) is 0 Å². The van der Waals surface area contributed by atoms with Crippen LogP contribution in [0, 0.1) is 6.92 Å². The molecule has 0 aliphatic heterocycles. The molecule has 2 rings (SSSR count). The Morgan fingerprint density at radius 3 is 2.47 bits per heavy atom. The Labute approximate surface area is 123 Å². The van der Waals surface area contributed by atoms with Gasteiger partial charge in [-0.1, -0.05) is 36.2 Å². The Kier molecular flexibility index (Phi) is 4.81. The summed E-state index contributed by atoms with van der Waals surface area (Å²) in [6, 6.07) is 9.93. The van der Waals surface area contributed by atoms with Gasteiger partial charge in [-0.3, -0.25) is 4.98 Å². The number of nitrogens with one attached hydrogen (secondary N) is 1. The second-order valence-corrected chi connectivity index (χ2v) is 5.21. The van der Waals surface area contributed by atoms with Gasteiger partial charge >= 0.3 is 0 Å². The van der Waals surface area contributed by atoms with Crippen LogP contribution >= 0.6 is 23.2 Å². The molecule has 19 heavy (non-hydrogen) atoms. The number of benzene rings is 1. The first kappa shape index (κ1) is 14.3. The van der Waals surface area contributed by atoms with Gasteiger partial charge < -0.3 is 5.32 Å². The Balaban J connectivity index is 2.42. The fourth-order valence-electron chi connectivity index (χ4n) is 2.07. The fourth-order valence-corrected chi connectivity index (χ4v) is 2.38. The molecule has 1 heterocycles. The third kappa shape index (κ3) is 3.47. The molecule has 0 aliphatic rings. The Bertz CT molecular complexity index is 570. The van der Waals surface area contributed by atoms with Crippen molar-refractivity contribution in [2.45, 2.75) is 19.9 Å². The van der Waals surface area contributed by atoms with Gasteiger partial charge in [0.15, 0.2) is 0 Å². The molecule has 0 amide bonds. The lowest BCUT2D eigenvalue weighted by atomic mass is 9.99. The van der Waals surface area contributed by atoms with E-state index in [9.17, 15) is 0 Å². The average molecular weight is 295 g/mol. The van der Waals surface area contributed by atoms with Crippen LogP contribution in [0.2, 0.25) is 10.0 Å². The van der Waals surface area contributed by atoms with Crippen LogP contribution in [-0.4, -0.2) is 11.5 Å². The van der Waals surface area contributed by atoms with Crippen LogP contribution in [0.25, 0.3) is 0 Å². The first-order chi connectivity index (χ1) is 9.11. The van der Waals surface area contributed by atoms with Crippen molar-refractivity contribution in [1.82, 2.24) is 10.3 Å². The highest BCUT2D eigenvalue weighted by Gasteiger charge is 2.14. The second kappa shape index (κ2) is 6.38. The molecule has 1 aromatic carbocycles. The summed E-state index contributed by atoms with van der Waals surface area (Å²) in [5, 5.41) is 4.61. The zero-order valence-corrected chi connectivity index (χ0v) is 12.5. The first-order valence-corrected chi connectivity index (χ1v) is 6.98. The van der Waals surface area contributed by atoms with E-state index in [1.54, 1.807) is 0 Å². The molecule has 0 aliphatic carbocycles. The van der Waals surface area contributed by atoms with Gasteiger partial charge in [0, 0.05) is 11.9 Å². The van der Waals surface area contributed by atoms with Gasteiger partial charge in [0.1, 0.15) is 0 Å². The third-order valence-electron chi connectivity index (χ3n) is 2.94. The minimum absolute atomic E-state index is 0.0986. The maximum atomic E-state index is 6.10. The number of hydrogen-bond donors (Lipinski definition) is 1. The molecule has 0 fully saturated rings. The van der Waals surface area contributed by atoms with Gasteiger partial charge in [-0.25, -0.2) is 0 Å². The molecular weight excluding hydrogens is 279 g/mol. The summed E-state index contributed by atoms with van der Waals surface area (Å²) in [5.74, 6) is 0. The summed E-state index contributed by atoms with van der Waals surface area (Å²) in [7, 11) is 0. The van der Waals surface area contributed by atoms with Crippen molar-refractivity contribution in [3.63, 3.8) is 0 Å². The van der Waals surface area contributed by atoms with E-state index in [2.05, 4.69) is 23.3 Å². The normalized spacial score (nSPS) is 12.4. The highest BCUT2D eigenvalue weighted by Crippen LogP contribution is 2.28. The number of hydrogen-bond acceptors (Lipinski definition) is 2. The van der Waals surface area contributed by atoms with E-state index in [0.29, 0.717) is 10.0 Å². The molecule has 2 aromatic rings. The lowest BCUT2D eigenvalue weighted by Gasteiger charge is -2.19. The van der Waals surface area contributed by atoms with Crippen LogP contribution in [0.15, 0.2) is 36.5 Å². The Morgan fingerprint density at radius 1 is 1.11 bits per heavy atom. The Hall–Kier alpha value is -1.09. The van der Waals surface area contributed by atoms with Gasteiger partial charge in [-0.05, 0) is 48.9 Å². The van der Waals surface area contributed by atoms with Crippen LogP contribution < -0.4 is 5.32 Å². The fraction of sp³-hybridized carbons (Fsp3) is 0.267. The summed E-state index contributed by atoms with van der Waals surface area (Å²) in [5.41, 5.74) is 3.27. The maximum Gasteiger partial charge on any atom is 0.0595 e.